The van der Waals surface area contributed by atoms with E-state index < -0.39 is 6.10 Å². The van der Waals surface area contributed by atoms with Crippen molar-refractivity contribution in [2.24, 2.45) is 0 Å². The summed E-state index contributed by atoms with van der Waals surface area (Å²) < 4.78 is 6.08. The van der Waals surface area contributed by atoms with Crippen LogP contribution in [0.4, 0.5) is 0 Å². The largest absolute Gasteiger partial charge is 0.477 e. The number of benzene rings is 2. The minimum Gasteiger partial charge on any atom is -0.477 e. The standard InChI is InChI=1S/C18H17NO2S/c20-17-16(21-15-10-5-2-6-11-15)18(14-8-3-1-4-9-14)19(17)12-7-13-22-18/h1-6,8-11,16H,7,12-13H2. The van der Waals surface area contributed by atoms with Crippen LogP contribution in [0.3, 0.4) is 0 Å². The van der Waals surface area contributed by atoms with E-state index in [0.29, 0.717) is 0 Å². The normalized spacial score (nSPS) is 27.0. The second-order valence-electron chi connectivity index (χ2n) is 5.57. The highest BCUT2D eigenvalue weighted by atomic mass is 32.2. The molecule has 0 radical (unpaired) electrons. The second-order valence-corrected chi connectivity index (χ2v) is 6.88. The number of hydrogen-bond acceptors (Lipinski definition) is 3. The summed E-state index contributed by atoms with van der Waals surface area (Å²) in [4.78, 5) is 14.2. The molecule has 4 rings (SSSR count). The Labute approximate surface area is 134 Å². The van der Waals surface area contributed by atoms with E-state index in [9.17, 15) is 4.79 Å². The van der Waals surface area contributed by atoms with Gasteiger partial charge in [0.05, 0.1) is 0 Å². The van der Waals surface area contributed by atoms with Gasteiger partial charge in [-0.05, 0) is 29.9 Å². The van der Waals surface area contributed by atoms with Crippen molar-refractivity contribution in [3.8, 4) is 5.75 Å². The lowest BCUT2D eigenvalue weighted by Gasteiger charge is -2.58. The highest BCUT2D eigenvalue weighted by Crippen LogP contribution is 2.54. The number of carbonyl (C=O) groups is 1. The first-order chi connectivity index (χ1) is 10.8. The van der Waals surface area contributed by atoms with Gasteiger partial charge in [0.2, 0.25) is 6.10 Å². The van der Waals surface area contributed by atoms with Crippen LogP contribution < -0.4 is 4.74 Å². The van der Waals surface area contributed by atoms with Crippen molar-refractivity contribution in [2.45, 2.75) is 17.4 Å². The van der Waals surface area contributed by atoms with E-state index in [4.69, 9.17) is 4.74 Å². The van der Waals surface area contributed by atoms with Crippen LogP contribution in [-0.4, -0.2) is 29.2 Å². The number of nitrogens with zero attached hydrogens (tertiary/aromatic N) is 1. The van der Waals surface area contributed by atoms with Gasteiger partial charge in [-0.25, -0.2) is 0 Å². The number of fused-ring (bicyclic) bond motifs is 1. The van der Waals surface area contributed by atoms with E-state index >= 15 is 0 Å². The maximum Gasteiger partial charge on any atom is 0.268 e. The number of amides is 1. The lowest BCUT2D eigenvalue weighted by molar-refractivity contribution is -0.169. The van der Waals surface area contributed by atoms with Crippen molar-refractivity contribution in [3.05, 3.63) is 66.2 Å². The highest BCUT2D eigenvalue weighted by Gasteiger charge is 2.64. The molecule has 2 atom stereocenters. The number of carbonyl (C=O) groups excluding carboxylic acids is 1. The molecule has 112 valence electrons. The van der Waals surface area contributed by atoms with Crippen molar-refractivity contribution < 1.29 is 9.53 Å². The average Bonchev–Trinajstić information content (AvgIpc) is 2.60. The molecule has 0 saturated carbocycles. The first kappa shape index (κ1) is 13.7. The molecule has 4 heteroatoms. The summed E-state index contributed by atoms with van der Waals surface area (Å²) in [6, 6.07) is 19.9. The number of β-lactam (4-membered cyclic amide) rings is 1. The molecule has 2 aromatic rings. The van der Waals surface area contributed by atoms with Crippen LogP contribution in [0.2, 0.25) is 0 Å². The van der Waals surface area contributed by atoms with Gasteiger partial charge in [0.15, 0.2) is 4.87 Å². The van der Waals surface area contributed by atoms with Gasteiger partial charge in [0.1, 0.15) is 5.75 Å². The fourth-order valence-electron chi connectivity index (χ4n) is 3.26. The number of para-hydroxylation sites is 1. The molecule has 2 fully saturated rings. The van der Waals surface area contributed by atoms with Crippen LogP contribution in [0.25, 0.3) is 0 Å². The fraction of sp³-hybridized carbons (Fsp3) is 0.278. The lowest BCUT2D eigenvalue weighted by atomic mass is 9.88. The third-order valence-corrected chi connectivity index (χ3v) is 5.88. The maximum absolute atomic E-state index is 12.6. The van der Waals surface area contributed by atoms with Gasteiger partial charge in [0, 0.05) is 6.54 Å². The molecule has 0 spiro atoms. The van der Waals surface area contributed by atoms with Crippen molar-refractivity contribution in [1.29, 1.82) is 0 Å². The molecular formula is C18H17NO2S. The van der Waals surface area contributed by atoms with Crippen molar-refractivity contribution >= 4 is 17.7 Å². The number of hydrogen-bond donors (Lipinski definition) is 0. The Kier molecular flexibility index (Phi) is 3.34. The Bertz CT molecular complexity index is 676. The SMILES string of the molecule is O=C1C(Oc2ccccc2)C2(c3ccccc3)SCCCN12. The number of thioether (sulfide) groups is 1. The van der Waals surface area contributed by atoms with E-state index in [1.165, 1.54) is 0 Å². The van der Waals surface area contributed by atoms with Gasteiger partial charge in [-0.1, -0.05) is 48.5 Å². The molecule has 2 aliphatic rings. The Morgan fingerprint density at radius 3 is 2.45 bits per heavy atom. The van der Waals surface area contributed by atoms with Gasteiger partial charge < -0.3 is 9.64 Å². The molecule has 0 aliphatic carbocycles. The van der Waals surface area contributed by atoms with Crippen molar-refractivity contribution in [1.82, 2.24) is 4.90 Å². The van der Waals surface area contributed by atoms with E-state index in [1.807, 2.05) is 65.2 Å². The lowest BCUT2D eigenvalue weighted by Crippen LogP contribution is -2.73. The van der Waals surface area contributed by atoms with Crippen molar-refractivity contribution in [3.63, 3.8) is 0 Å². The molecule has 3 nitrogen and oxygen atoms in total. The molecule has 0 bridgehead atoms. The van der Waals surface area contributed by atoms with Gasteiger partial charge in [-0.3, -0.25) is 4.79 Å². The Morgan fingerprint density at radius 1 is 1.05 bits per heavy atom. The van der Waals surface area contributed by atoms with Crippen LogP contribution in [0.1, 0.15) is 12.0 Å². The summed E-state index contributed by atoms with van der Waals surface area (Å²) in [5.41, 5.74) is 1.15. The van der Waals surface area contributed by atoms with E-state index in [0.717, 1.165) is 30.0 Å². The topological polar surface area (TPSA) is 29.5 Å². The van der Waals surface area contributed by atoms with E-state index in [-0.39, 0.29) is 10.8 Å². The summed E-state index contributed by atoms with van der Waals surface area (Å²) in [5, 5.41) is 0. The van der Waals surface area contributed by atoms with Gasteiger partial charge in [0.25, 0.3) is 5.91 Å². The predicted octanol–water partition coefficient (Wildman–Crippen LogP) is 3.27. The van der Waals surface area contributed by atoms with Crippen molar-refractivity contribution in [2.75, 3.05) is 12.3 Å². The minimum absolute atomic E-state index is 0.0971. The summed E-state index contributed by atoms with van der Waals surface area (Å²) in [7, 11) is 0. The maximum atomic E-state index is 12.6. The first-order valence-corrected chi connectivity index (χ1v) is 8.53. The fourth-order valence-corrected chi connectivity index (χ4v) is 4.79. The van der Waals surface area contributed by atoms with Gasteiger partial charge >= 0.3 is 0 Å². The summed E-state index contributed by atoms with van der Waals surface area (Å²) >= 11 is 1.82. The summed E-state index contributed by atoms with van der Waals surface area (Å²) in [6.45, 7) is 0.815. The molecule has 2 aliphatic heterocycles. The molecule has 2 saturated heterocycles. The van der Waals surface area contributed by atoms with Crippen LogP contribution in [0.15, 0.2) is 60.7 Å². The molecule has 22 heavy (non-hydrogen) atoms. The summed E-state index contributed by atoms with van der Waals surface area (Å²) in [5.74, 6) is 1.90. The molecule has 2 heterocycles. The zero-order valence-electron chi connectivity index (χ0n) is 12.1. The van der Waals surface area contributed by atoms with Gasteiger partial charge in [-0.2, -0.15) is 0 Å². The smallest absolute Gasteiger partial charge is 0.268 e. The molecule has 2 unspecified atom stereocenters. The average molecular weight is 311 g/mol. The van der Waals surface area contributed by atoms with Crippen LogP contribution in [0.5, 0.6) is 5.75 Å². The highest BCUT2D eigenvalue weighted by molar-refractivity contribution is 8.00. The third kappa shape index (κ3) is 1.94. The zero-order valence-corrected chi connectivity index (χ0v) is 13.0. The van der Waals surface area contributed by atoms with Crippen LogP contribution in [-0.2, 0) is 9.67 Å². The molecule has 0 aromatic heterocycles. The number of ether oxygens (including phenoxy) is 1. The van der Waals surface area contributed by atoms with E-state index in [2.05, 4.69) is 12.1 Å². The summed E-state index contributed by atoms with van der Waals surface area (Å²) in [6.07, 6.45) is 0.603. The molecule has 1 amide bonds. The van der Waals surface area contributed by atoms with Crippen LogP contribution in [0, 0.1) is 0 Å². The molecule has 2 aromatic carbocycles. The van der Waals surface area contributed by atoms with Gasteiger partial charge in [-0.15, -0.1) is 11.8 Å². The molecule has 0 N–H and O–H groups in total. The Hall–Kier alpha value is -1.94. The third-order valence-electron chi connectivity index (χ3n) is 4.28. The Balaban J connectivity index is 1.72. The number of rotatable bonds is 3. The quantitative estimate of drug-likeness (QED) is 0.815. The minimum atomic E-state index is -0.442. The van der Waals surface area contributed by atoms with E-state index in [1.54, 1.807) is 0 Å². The predicted molar refractivity (Wildman–Crippen MR) is 87.8 cm³/mol. The Morgan fingerprint density at radius 2 is 1.73 bits per heavy atom. The first-order valence-electron chi connectivity index (χ1n) is 7.55. The monoisotopic (exact) mass is 311 g/mol. The zero-order chi connectivity index (χ0) is 15.0. The molecular weight excluding hydrogens is 294 g/mol. The van der Waals surface area contributed by atoms with Crippen LogP contribution >= 0.6 is 11.8 Å². The second kappa shape index (κ2) is 5.36.